The predicted molar refractivity (Wildman–Crippen MR) is 38.3 cm³/mol. The van der Waals surface area contributed by atoms with Crippen LogP contribution >= 0.6 is 0 Å². The molecule has 0 aliphatic carbocycles. The molecule has 0 fully saturated rings. The Kier molecular flexibility index (Phi) is 3.32. The number of nitrogens with zero attached hydrogens (tertiary/aromatic N) is 1. The maximum absolute atomic E-state index is 10.5. The van der Waals surface area contributed by atoms with Crippen LogP contribution in [0.3, 0.4) is 0 Å². The van der Waals surface area contributed by atoms with E-state index in [0.717, 1.165) is 0 Å². The van der Waals surface area contributed by atoms with Crippen molar-refractivity contribution in [3.63, 3.8) is 0 Å². The second-order valence-electron chi connectivity index (χ2n) is 1.88. The van der Waals surface area contributed by atoms with Gasteiger partial charge >= 0.3 is 0 Å². The van der Waals surface area contributed by atoms with Gasteiger partial charge in [-0.2, -0.15) is 0 Å². The molecule has 0 aromatic heterocycles. The lowest BCUT2D eigenvalue weighted by molar-refractivity contribution is -0.111. The standard InChI is InChI=1S/C6H10N2O2/c1-4(5(2)9)8-10-6(3)7/h7H,1-3H3/b7-6?,8-4+. The van der Waals surface area contributed by atoms with Crippen LogP contribution in [-0.4, -0.2) is 17.4 Å². The van der Waals surface area contributed by atoms with E-state index in [0.29, 0.717) is 0 Å². The predicted octanol–water partition coefficient (Wildman–Crippen LogP) is 0.965. The third-order valence-corrected chi connectivity index (χ3v) is 0.829. The van der Waals surface area contributed by atoms with Crippen molar-refractivity contribution in [2.24, 2.45) is 5.16 Å². The first-order valence-electron chi connectivity index (χ1n) is 2.81. The molecule has 0 aliphatic heterocycles. The first-order valence-corrected chi connectivity index (χ1v) is 2.81. The van der Waals surface area contributed by atoms with Crippen LogP contribution in [0.15, 0.2) is 5.16 Å². The van der Waals surface area contributed by atoms with E-state index in [1.54, 1.807) is 0 Å². The molecule has 0 atom stereocenters. The SMILES string of the molecule is CC(=N)O/N=C(\C)C(C)=O. The van der Waals surface area contributed by atoms with Crippen LogP contribution in [0.25, 0.3) is 0 Å². The summed E-state index contributed by atoms with van der Waals surface area (Å²) in [4.78, 5) is 14.9. The molecule has 0 unspecified atom stereocenters. The summed E-state index contributed by atoms with van der Waals surface area (Å²) in [6.45, 7) is 4.36. The number of nitrogens with one attached hydrogen (secondary N) is 1. The van der Waals surface area contributed by atoms with Gasteiger partial charge in [-0.3, -0.25) is 10.2 Å². The number of carbonyl (C=O) groups excluding carboxylic acids is 1. The quantitative estimate of drug-likeness (QED) is 0.354. The van der Waals surface area contributed by atoms with Crippen LogP contribution < -0.4 is 0 Å². The fourth-order valence-corrected chi connectivity index (χ4v) is 0.201. The molecule has 0 heterocycles. The van der Waals surface area contributed by atoms with Gasteiger partial charge in [0.1, 0.15) is 5.71 Å². The average molecular weight is 142 g/mol. The lowest BCUT2D eigenvalue weighted by Crippen LogP contribution is -2.06. The molecule has 0 aliphatic rings. The summed E-state index contributed by atoms with van der Waals surface area (Å²) in [6, 6.07) is 0. The largest absolute Gasteiger partial charge is 0.342 e. The van der Waals surface area contributed by atoms with E-state index in [1.807, 2.05) is 0 Å². The van der Waals surface area contributed by atoms with Gasteiger partial charge in [0.05, 0.1) is 0 Å². The Morgan fingerprint density at radius 2 is 1.90 bits per heavy atom. The van der Waals surface area contributed by atoms with Gasteiger partial charge in [0.25, 0.3) is 0 Å². The molecule has 0 aromatic carbocycles. The number of hydrogen-bond acceptors (Lipinski definition) is 4. The fourth-order valence-electron chi connectivity index (χ4n) is 0.201. The first-order chi connectivity index (χ1) is 4.54. The second-order valence-corrected chi connectivity index (χ2v) is 1.88. The van der Waals surface area contributed by atoms with Gasteiger partial charge in [-0.25, -0.2) is 0 Å². The van der Waals surface area contributed by atoms with Crippen molar-refractivity contribution in [3.8, 4) is 0 Å². The molecule has 4 heteroatoms. The topological polar surface area (TPSA) is 62.5 Å². The number of carbonyl (C=O) groups is 1. The summed E-state index contributed by atoms with van der Waals surface area (Å²) in [6.07, 6.45) is 0. The smallest absolute Gasteiger partial charge is 0.214 e. The monoisotopic (exact) mass is 142 g/mol. The van der Waals surface area contributed by atoms with Crippen LogP contribution in [-0.2, 0) is 9.63 Å². The van der Waals surface area contributed by atoms with E-state index in [-0.39, 0.29) is 17.4 Å². The fraction of sp³-hybridized carbons (Fsp3) is 0.500. The van der Waals surface area contributed by atoms with Gasteiger partial charge in [0.15, 0.2) is 5.78 Å². The molecule has 0 aromatic rings. The van der Waals surface area contributed by atoms with E-state index in [4.69, 9.17) is 5.41 Å². The molecule has 0 saturated carbocycles. The number of oxime groups is 1. The Hall–Kier alpha value is -1.19. The molecule has 0 rings (SSSR count). The molecule has 0 saturated heterocycles. The van der Waals surface area contributed by atoms with Crippen molar-refractivity contribution in [2.45, 2.75) is 20.8 Å². The maximum Gasteiger partial charge on any atom is 0.214 e. The van der Waals surface area contributed by atoms with Crippen LogP contribution in [0, 0.1) is 5.41 Å². The van der Waals surface area contributed by atoms with Crippen LogP contribution in [0.5, 0.6) is 0 Å². The van der Waals surface area contributed by atoms with Gasteiger partial charge in [-0.15, -0.1) is 0 Å². The van der Waals surface area contributed by atoms with E-state index in [1.165, 1.54) is 20.8 Å². The zero-order chi connectivity index (χ0) is 8.15. The average Bonchev–Trinajstić information content (AvgIpc) is 1.82. The molecule has 10 heavy (non-hydrogen) atoms. The third-order valence-electron chi connectivity index (χ3n) is 0.829. The number of rotatable bonds is 2. The van der Waals surface area contributed by atoms with Crippen LogP contribution in [0.4, 0.5) is 0 Å². The van der Waals surface area contributed by atoms with Crippen molar-refractivity contribution < 1.29 is 9.63 Å². The molecular formula is C6H10N2O2. The second kappa shape index (κ2) is 3.76. The van der Waals surface area contributed by atoms with Crippen molar-refractivity contribution in [2.75, 3.05) is 0 Å². The highest BCUT2D eigenvalue weighted by molar-refractivity contribution is 6.37. The van der Waals surface area contributed by atoms with Crippen molar-refractivity contribution >= 4 is 17.4 Å². The minimum atomic E-state index is -0.152. The Morgan fingerprint density at radius 3 is 2.20 bits per heavy atom. The third kappa shape index (κ3) is 3.77. The lowest BCUT2D eigenvalue weighted by Gasteiger charge is -1.93. The summed E-state index contributed by atoms with van der Waals surface area (Å²) < 4.78 is 0. The van der Waals surface area contributed by atoms with Gasteiger partial charge in [-0.1, -0.05) is 5.16 Å². The Morgan fingerprint density at radius 1 is 1.40 bits per heavy atom. The molecular weight excluding hydrogens is 132 g/mol. The Labute approximate surface area is 59.4 Å². The van der Waals surface area contributed by atoms with Crippen molar-refractivity contribution in [1.82, 2.24) is 0 Å². The lowest BCUT2D eigenvalue weighted by atomic mass is 10.3. The minimum Gasteiger partial charge on any atom is -0.342 e. The van der Waals surface area contributed by atoms with Crippen molar-refractivity contribution in [3.05, 3.63) is 0 Å². The molecule has 0 bridgehead atoms. The molecule has 1 N–H and O–H groups in total. The number of Topliss-reactive ketones (excluding diaryl/α,β-unsaturated/α-hetero) is 1. The van der Waals surface area contributed by atoms with E-state index < -0.39 is 0 Å². The molecule has 0 spiro atoms. The zero-order valence-corrected chi connectivity index (χ0v) is 6.26. The summed E-state index contributed by atoms with van der Waals surface area (Å²) in [5, 5.41) is 10.2. The van der Waals surface area contributed by atoms with Crippen LogP contribution in [0.1, 0.15) is 20.8 Å². The van der Waals surface area contributed by atoms with Gasteiger partial charge in [0.2, 0.25) is 5.90 Å². The van der Waals surface area contributed by atoms with Crippen molar-refractivity contribution in [1.29, 1.82) is 5.41 Å². The molecule has 0 radical (unpaired) electrons. The number of ketones is 1. The maximum atomic E-state index is 10.5. The van der Waals surface area contributed by atoms with E-state index in [2.05, 4.69) is 9.99 Å². The highest BCUT2D eigenvalue weighted by Crippen LogP contribution is 1.83. The molecule has 0 amide bonds. The van der Waals surface area contributed by atoms with Gasteiger partial charge in [-0.05, 0) is 6.92 Å². The Balaban J connectivity index is 3.92. The van der Waals surface area contributed by atoms with Gasteiger partial charge < -0.3 is 4.84 Å². The van der Waals surface area contributed by atoms with Crippen LogP contribution in [0.2, 0.25) is 0 Å². The summed E-state index contributed by atoms with van der Waals surface area (Å²) in [5.74, 6) is -0.179. The zero-order valence-electron chi connectivity index (χ0n) is 6.26. The normalized spacial score (nSPS) is 10.9. The summed E-state index contributed by atoms with van der Waals surface area (Å²) in [7, 11) is 0. The first kappa shape index (κ1) is 8.81. The molecule has 4 nitrogen and oxygen atoms in total. The highest BCUT2D eigenvalue weighted by Gasteiger charge is 1.97. The summed E-state index contributed by atoms with van der Waals surface area (Å²) in [5.41, 5.74) is 0.270. The Bertz CT molecular complexity index is 184. The minimum absolute atomic E-state index is 0.0272. The highest BCUT2D eigenvalue weighted by atomic mass is 16.6. The van der Waals surface area contributed by atoms with Gasteiger partial charge in [0, 0.05) is 13.8 Å². The van der Waals surface area contributed by atoms with E-state index in [9.17, 15) is 4.79 Å². The molecule has 56 valence electrons. The van der Waals surface area contributed by atoms with E-state index >= 15 is 0 Å². The number of hydrogen-bond donors (Lipinski definition) is 1. The summed E-state index contributed by atoms with van der Waals surface area (Å²) >= 11 is 0.